The van der Waals surface area contributed by atoms with E-state index >= 15 is 0 Å². The van der Waals surface area contributed by atoms with Gasteiger partial charge in [-0.25, -0.2) is 0 Å². The summed E-state index contributed by atoms with van der Waals surface area (Å²) in [7, 11) is 0. The molecule has 1 saturated heterocycles. The number of nitrogens with one attached hydrogen (secondary N) is 1. The summed E-state index contributed by atoms with van der Waals surface area (Å²) >= 11 is 12.2. The predicted molar refractivity (Wildman–Crippen MR) is 98.8 cm³/mol. The van der Waals surface area contributed by atoms with Crippen molar-refractivity contribution in [3.05, 3.63) is 69.2 Å². The molecular weight excluding hydrogens is 384 g/mol. The number of rotatable bonds is 3. The van der Waals surface area contributed by atoms with Gasteiger partial charge in [0.1, 0.15) is 0 Å². The van der Waals surface area contributed by atoms with Gasteiger partial charge in [-0.3, -0.25) is 4.90 Å². The van der Waals surface area contributed by atoms with Crippen LogP contribution in [-0.2, 0) is 6.18 Å². The van der Waals surface area contributed by atoms with Crippen LogP contribution in [0.5, 0.6) is 0 Å². The number of hydrogen-bond acceptors (Lipinski definition) is 2. The molecule has 1 heterocycles. The third kappa shape index (κ3) is 4.34. The molecule has 1 unspecified atom stereocenters. The molecule has 2 aromatic carbocycles. The molecule has 2 nitrogen and oxygen atoms in total. The highest BCUT2D eigenvalue weighted by atomic mass is 35.5. The summed E-state index contributed by atoms with van der Waals surface area (Å²) in [6, 6.07) is 11.1. The summed E-state index contributed by atoms with van der Waals surface area (Å²) < 4.78 is 40.0. The first-order chi connectivity index (χ1) is 12.4. The Kier molecular flexibility index (Phi) is 6.13. The van der Waals surface area contributed by atoms with Crippen LogP contribution in [0.4, 0.5) is 13.2 Å². The molecule has 7 heteroatoms. The lowest BCUT2D eigenvalue weighted by Gasteiger charge is -2.32. The summed E-state index contributed by atoms with van der Waals surface area (Å²) in [5.41, 5.74) is 0.518. The van der Waals surface area contributed by atoms with Gasteiger partial charge in [-0.2, -0.15) is 13.2 Å². The topological polar surface area (TPSA) is 15.3 Å². The summed E-state index contributed by atoms with van der Waals surface area (Å²) in [6.07, 6.45) is -3.58. The van der Waals surface area contributed by atoms with Crippen LogP contribution in [-0.4, -0.2) is 31.1 Å². The molecule has 1 fully saturated rings. The predicted octanol–water partition coefficient (Wildman–Crippen LogP) is 5.40. The van der Waals surface area contributed by atoms with Gasteiger partial charge in [-0.1, -0.05) is 47.5 Å². The van der Waals surface area contributed by atoms with E-state index in [2.05, 4.69) is 10.2 Å². The van der Waals surface area contributed by atoms with Crippen LogP contribution in [0.3, 0.4) is 0 Å². The Balaban J connectivity index is 2.10. The number of hydrogen-bond donors (Lipinski definition) is 1. The summed E-state index contributed by atoms with van der Waals surface area (Å²) in [5.74, 6) is 0. The average molecular weight is 403 g/mol. The van der Waals surface area contributed by atoms with Crippen LogP contribution < -0.4 is 5.32 Å². The molecule has 0 radical (unpaired) electrons. The smallest absolute Gasteiger partial charge is 0.315 e. The molecule has 1 aliphatic rings. The fourth-order valence-corrected chi connectivity index (χ4v) is 3.80. The molecule has 0 saturated carbocycles. The molecule has 1 N–H and O–H groups in total. The third-order valence-corrected chi connectivity index (χ3v) is 5.22. The van der Waals surface area contributed by atoms with E-state index in [1.54, 1.807) is 12.1 Å². The Morgan fingerprint density at radius 2 is 1.73 bits per heavy atom. The zero-order chi connectivity index (χ0) is 18.7. The lowest BCUT2D eigenvalue weighted by atomic mass is 9.95. The summed E-state index contributed by atoms with van der Waals surface area (Å²) in [6.45, 7) is 3.16. The van der Waals surface area contributed by atoms with E-state index in [1.807, 2.05) is 18.2 Å². The second-order valence-corrected chi connectivity index (χ2v) is 7.12. The molecule has 3 rings (SSSR count). The molecule has 26 heavy (non-hydrogen) atoms. The van der Waals surface area contributed by atoms with Crippen molar-refractivity contribution in [2.24, 2.45) is 0 Å². The van der Waals surface area contributed by atoms with Crippen LogP contribution in [0.1, 0.15) is 29.2 Å². The number of halogens is 5. The molecule has 0 spiro atoms. The molecule has 1 aliphatic heterocycles. The number of nitrogens with zero attached hydrogens (tertiary/aromatic N) is 1. The fourth-order valence-electron chi connectivity index (χ4n) is 3.34. The van der Waals surface area contributed by atoms with Gasteiger partial charge in [0.05, 0.1) is 16.6 Å². The van der Waals surface area contributed by atoms with E-state index < -0.39 is 11.7 Å². The first-order valence-corrected chi connectivity index (χ1v) is 9.19. The first kappa shape index (κ1) is 19.5. The number of benzene rings is 2. The van der Waals surface area contributed by atoms with Crippen LogP contribution in [0.15, 0.2) is 42.5 Å². The Morgan fingerprint density at radius 1 is 0.962 bits per heavy atom. The summed E-state index contributed by atoms with van der Waals surface area (Å²) in [4.78, 5) is 2.17. The maximum Gasteiger partial charge on any atom is 0.417 e. The zero-order valence-corrected chi connectivity index (χ0v) is 15.5. The van der Waals surface area contributed by atoms with Crippen molar-refractivity contribution in [1.82, 2.24) is 10.2 Å². The standard InChI is InChI=1S/C19H19Cl2F3N2/c20-16-5-2-1-4-14(16)18(26-10-3-8-25-9-11-26)13-6-7-17(21)15(12-13)19(22,23)24/h1-2,4-7,12,18,25H,3,8-11H2. The van der Waals surface area contributed by atoms with E-state index in [9.17, 15) is 13.2 Å². The first-order valence-electron chi connectivity index (χ1n) is 8.44. The van der Waals surface area contributed by atoms with Crippen molar-refractivity contribution >= 4 is 23.2 Å². The van der Waals surface area contributed by atoms with Crippen LogP contribution in [0, 0.1) is 0 Å². The van der Waals surface area contributed by atoms with Gasteiger partial charge in [0, 0.05) is 24.7 Å². The van der Waals surface area contributed by atoms with Crippen molar-refractivity contribution in [2.45, 2.75) is 18.6 Å². The fraction of sp³-hybridized carbons (Fsp3) is 0.368. The molecule has 0 bridgehead atoms. The van der Waals surface area contributed by atoms with Gasteiger partial charge in [0.25, 0.3) is 0 Å². The van der Waals surface area contributed by atoms with Crippen molar-refractivity contribution < 1.29 is 13.2 Å². The Morgan fingerprint density at radius 3 is 2.46 bits per heavy atom. The Hall–Kier alpha value is -1.27. The third-order valence-electron chi connectivity index (χ3n) is 4.55. The van der Waals surface area contributed by atoms with Crippen LogP contribution in [0.25, 0.3) is 0 Å². The van der Waals surface area contributed by atoms with Crippen LogP contribution >= 0.6 is 23.2 Å². The zero-order valence-electron chi connectivity index (χ0n) is 14.0. The molecule has 140 valence electrons. The minimum absolute atomic E-state index is 0.295. The van der Waals surface area contributed by atoms with Gasteiger partial charge >= 0.3 is 6.18 Å². The maximum absolute atomic E-state index is 13.3. The molecule has 0 aliphatic carbocycles. The van der Waals surface area contributed by atoms with Crippen molar-refractivity contribution in [3.8, 4) is 0 Å². The minimum atomic E-state index is -4.50. The summed E-state index contributed by atoms with van der Waals surface area (Å²) in [5, 5.41) is 3.56. The van der Waals surface area contributed by atoms with E-state index in [0.29, 0.717) is 10.6 Å². The SMILES string of the molecule is FC(F)(F)c1cc(C(c2ccccc2Cl)N2CCCNCC2)ccc1Cl. The monoisotopic (exact) mass is 402 g/mol. The highest BCUT2D eigenvalue weighted by molar-refractivity contribution is 6.31. The van der Waals surface area contributed by atoms with Gasteiger partial charge in [0.15, 0.2) is 0 Å². The van der Waals surface area contributed by atoms with Crippen molar-refractivity contribution in [3.63, 3.8) is 0 Å². The minimum Gasteiger partial charge on any atom is -0.315 e. The van der Waals surface area contributed by atoms with Crippen LogP contribution in [0.2, 0.25) is 10.0 Å². The van der Waals surface area contributed by atoms with Gasteiger partial charge in [-0.05, 0) is 42.3 Å². The second kappa shape index (κ2) is 8.17. The van der Waals surface area contributed by atoms with E-state index in [0.717, 1.165) is 44.2 Å². The van der Waals surface area contributed by atoms with Crippen molar-refractivity contribution in [1.29, 1.82) is 0 Å². The Bertz CT molecular complexity index is 757. The average Bonchev–Trinajstić information content (AvgIpc) is 2.86. The highest BCUT2D eigenvalue weighted by Crippen LogP contribution is 2.39. The molecule has 0 amide bonds. The van der Waals surface area contributed by atoms with Gasteiger partial charge in [-0.15, -0.1) is 0 Å². The molecule has 2 aromatic rings. The largest absolute Gasteiger partial charge is 0.417 e. The molecule has 0 aromatic heterocycles. The quantitative estimate of drug-likeness (QED) is 0.739. The normalized spacial score (nSPS) is 17.7. The highest BCUT2D eigenvalue weighted by Gasteiger charge is 2.35. The van der Waals surface area contributed by atoms with Crippen molar-refractivity contribution in [2.75, 3.05) is 26.2 Å². The van der Waals surface area contributed by atoms with E-state index in [-0.39, 0.29) is 11.1 Å². The van der Waals surface area contributed by atoms with E-state index in [1.165, 1.54) is 6.07 Å². The van der Waals surface area contributed by atoms with Gasteiger partial charge in [0.2, 0.25) is 0 Å². The maximum atomic E-state index is 13.3. The number of alkyl halides is 3. The second-order valence-electron chi connectivity index (χ2n) is 6.30. The molecule has 1 atom stereocenters. The lowest BCUT2D eigenvalue weighted by Crippen LogP contribution is -2.33. The lowest BCUT2D eigenvalue weighted by molar-refractivity contribution is -0.137. The Labute approximate surface area is 160 Å². The van der Waals surface area contributed by atoms with E-state index in [4.69, 9.17) is 23.2 Å². The van der Waals surface area contributed by atoms with Gasteiger partial charge < -0.3 is 5.32 Å². The molecular formula is C19H19Cl2F3N2.